The van der Waals surface area contributed by atoms with Gasteiger partial charge in [-0.1, -0.05) is 13.8 Å². The Morgan fingerprint density at radius 1 is 0.500 bits per heavy atom. The topological polar surface area (TPSA) is 563 Å². The first-order valence-corrected chi connectivity index (χ1v) is 27.5. The molecule has 0 aromatic rings. The molecule has 24 N–H and O–H groups in total. The van der Waals surface area contributed by atoms with Crippen LogP contribution in [0, 0.1) is 23.7 Å². The molecule has 1 heterocycles. The molecule has 0 aliphatic carbocycles. The number of hydrogen-bond acceptors (Lipinski definition) is 17. The molecule has 8 atom stereocenters. The summed E-state index contributed by atoms with van der Waals surface area (Å²) in [5.74, 6) is -9.81. The molecule has 1 fully saturated rings. The van der Waals surface area contributed by atoms with Crippen LogP contribution in [-0.2, 0) is 57.4 Å². The van der Waals surface area contributed by atoms with E-state index < -0.39 is 127 Å². The molecule has 0 bridgehead atoms. The van der Waals surface area contributed by atoms with Crippen molar-refractivity contribution >= 4 is 88.3 Å². The lowest BCUT2D eigenvalue weighted by molar-refractivity contribution is -0.144. The maximum atomic E-state index is 14.5. The quantitative estimate of drug-likeness (QED) is 0.00905. The molecule has 82 heavy (non-hydrogen) atoms. The molecule has 0 aromatic heterocycles. The Labute approximate surface area is 478 Å². The molecule has 4 amide bonds. The largest absolute Gasteiger partial charge is 0.464 e. The summed E-state index contributed by atoms with van der Waals surface area (Å²) in [6.45, 7) is 6.76. The molecule has 0 saturated carbocycles. The Kier molecular flexibility index (Phi) is 34.6. The Balaban J connectivity index is 3.42. The Hall–Kier alpha value is -7.99. The second kappa shape index (κ2) is 39.4. The number of Topliss-reactive ketones (excluding diaryl/α,β-unsaturated/α-hetero) is 5. The minimum Gasteiger partial charge on any atom is -0.464 e. The number of esters is 1. The third-order valence-electron chi connectivity index (χ3n) is 12.7. The van der Waals surface area contributed by atoms with Gasteiger partial charge in [0.05, 0.1) is 31.3 Å². The maximum absolute atomic E-state index is 14.5. The molecule has 1 aliphatic rings. The molecule has 1 aliphatic heterocycles. The summed E-state index contributed by atoms with van der Waals surface area (Å²) >= 11 is 0. The fraction of sp³-hybridized carbons (Fsp3) is 0.706. The third-order valence-corrected chi connectivity index (χ3v) is 12.7. The van der Waals surface area contributed by atoms with E-state index in [1.54, 1.807) is 6.92 Å². The van der Waals surface area contributed by atoms with Crippen molar-refractivity contribution in [3.63, 3.8) is 0 Å². The second-order valence-electron chi connectivity index (χ2n) is 20.3. The molecule has 0 radical (unpaired) electrons. The lowest BCUT2D eigenvalue weighted by Crippen LogP contribution is -2.48. The number of carbonyl (C=O) groups is 10. The minimum absolute atomic E-state index is 0.00458. The van der Waals surface area contributed by atoms with E-state index in [-0.39, 0.29) is 151 Å². The molecule has 31 nitrogen and oxygen atoms in total. The number of nitrogens with one attached hydrogen (secondary N) is 4. The van der Waals surface area contributed by atoms with Gasteiger partial charge in [0.1, 0.15) is 0 Å². The highest BCUT2D eigenvalue weighted by atomic mass is 16.6. The molecule has 8 unspecified atom stereocenters. The van der Waals surface area contributed by atoms with E-state index in [0.29, 0.717) is 12.8 Å². The second-order valence-corrected chi connectivity index (χ2v) is 20.3. The molecular formula is C51H91N19O12. The predicted molar refractivity (Wildman–Crippen MR) is 307 cm³/mol. The highest BCUT2D eigenvalue weighted by molar-refractivity contribution is 5.98. The highest BCUT2D eigenvalue weighted by Crippen LogP contribution is 2.29. The van der Waals surface area contributed by atoms with Crippen LogP contribution in [0.3, 0.4) is 0 Å². The van der Waals surface area contributed by atoms with Gasteiger partial charge in [-0.2, -0.15) is 0 Å². The van der Waals surface area contributed by atoms with Crippen LogP contribution in [0.5, 0.6) is 0 Å². The van der Waals surface area contributed by atoms with Gasteiger partial charge in [0.15, 0.2) is 70.9 Å². The zero-order chi connectivity index (χ0) is 61.9. The number of rotatable bonds is 45. The fourth-order valence-electron chi connectivity index (χ4n) is 8.52. The number of carbonyl (C=O) groups excluding carboxylic acids is 10. The monoisotopic (exact) mass is 1160 g/mol. The Morgan fingerprint density at radius 2 is 0.902 bits per heavy atom. The summed E-state index contributed by atoms with van der Waals surface area (Å²) in [6, 6.07) is -3.42. The van der Waals surface area contributed by atoms with Gasteiger partial charge in [0.25, 0.3) is 0 Å². The smallest absolute Gasteiger partial charge is 0.338 e. The third kappa shape index (κ3) is 32.3. The standard InChI is InChI=1S/C51H91N19O12/c1-5-81-46(80)42-41(82-42)39(75)26-32(23-28(2)3)43(77)67-27-33(72)16-17-40(76)68-35(14-9-21-65-50(58)59)37(73)24-31(12-7-19-63-48(54)55)45(79)70-36(15-10-22-66-51(60)61)38(74)25-30(11-6-18-62-47(52)53)44(78)69-34(29(4)71)13-8-20-64-49(56)57/h28,30-32,34-36,41-42H,5-27H2,1-4H3,(H,67,77)(H,68,76)(H,69,78)(H,70,79)(H4,52,53,62)(H4,54,55,63)(H4,56,57,64)(H4,58,59,65)(H4,60,61,66). The van der Waals surface area contributed by atoms with E-state index >= 15 is 0 Å². The van der Waals surface area contributed by atoms with Crippen molar-refractivity contribution in [3.05, 3.63) is 0 Å². The van der Waals surface area contributed by atoms with Gasteiger partial charge >= 0.3 is 5.97 Å². The molecule has 1 saturated heterocycles. The van der Waals surface area contributed by atoms with Gasteiger partial charge in [0, 0.05) is 82.6 Å². The van der Waals surface area contributed by atoms with Crippen molar-refractivity contribution in [1.29, 1.82) is 0 Å². The van der Waals surface area contributed by atoms with Gasteiger partial charge in [-0.3, -0.25) is 68.1 Å². The van der Waals surface area contributed by atoms with Crippen LogP contribution in [0.15, 0.2) is 25.0 Å². The van der Waals surface area contributed by atoms with Crippen LogP contribution in [0.25, 0.3) is 0 Å². The number of epoxide rings is 1. The van der Waals surface area contributed by atoms with Gasteiger partial charge in [-0.05, 0) is 90.4 Å². The zero-order valence-corrected chi connectivity index (χ0v) is 47.9. The fourth-order valence-corrected chi connectivity index (χ4v) is 8.52. The van der Waals surface area contributed by atoms with Crippen molar-refractivity contribution in [2.75, 3.05) is 45.9 Å². The van der Waals surface area contributed by atoms with E-state index in [9.17, 15) is 47.9 Å². The van der Waals surface area contributed by atoms with Crippen LogP contribution in [0.1, 0.15) is 130 Å². The first-order valence-electron chi connectivity index (χ1n) is 27.5. The maximum Gasteiger partial charge on any atom is 0.338 e. The molecule has 1 rings (SSSR count). The summed E-state index contributed by atoms with van der Waals surface area (Å²) in [5, 5.41) is 10.7. The van der Waals surface area contributed by atoms with E-state index in [1.807, 2.05) is 13.8 Å². The first-order chi connectivity index (χ1) is 38.6. The number of nitrogens with zero attached hydrogens (tertiary/aromatic N) is 5. The number of ether oxygens (including phenoxy) is 2. The minimum atomic E-state index is -1.25. The van der Waals surface area contributed by atoms with E-state index in [1.165, 1.54) is 6.92 Å². The van der Waals surface area contributed by atoms with Crippen molar-refractivity contribution in [2.45, 2.75) is 161 Å². The normalized spacial score (nSPS) is 15.5. The predicted octanol–water partition coefficient (Wildman–Crippen LogP) is -4.13. The number of amides is 4. The average Bonchev–Trinajstić information content (AvgIpc) is 4.41. The van der Waals surface area contributed by atoms with Gasteiger partial charge < -0.3 is 88.1 Å². The highest BCUT2D eigenvalue weighted by Gasteiger charge is 2.51. The zero-order valence-electron chi connectivity index (χ0n) is 47.9. The van der Waals surface area contributed by atoms with Crippen LogP contribution < -0.4 is 78.6 Å². The summed E-state index contributed by atoms with van der Waals surface area (Å²) in [6.07, 6.45) is -2.20. The van der Waals surface area contributed by atoms with Crippen LogP contribution in [-0.4, -0.2) is 165 Å². The van der Waals surface area contributed by atoms with Gasteiger partial charge in [-0.15, -0.1) is 0 Å². The average molecular weight is 1160 g/mol. The van der Waals surface area contributed by atoms with E-state index in [2.05, 4.69) is 46.2 Å². The lowest BCUT2D eigenvalue weighted by Gasteiger charge is -2.25. The number of hydrogen-bond donors (Lipinski definition) is 14. The number of nitrogens with two attached hydrogens (primary N) is 10. The number of aliphatic imine (C=N–C) groups is 5. The SMILES string of the molecule is CCOC(=O)C1OC1C(=O)CC(CC(C)C)C(=O)NCC(=O)CCC(=O)NC(CCCN=C(N)N)C(=O)CC(CCCN=C(N)N)C(=O)NC(CCCN=C(N)N)C(=O)CC(CCCN=C(N)N)C(=O)NC(CCCN=C(N)N)C(C)=O. The van der Waals surface area contributed by atoms with Crippen LogP contribution in [0.2, 0.25) is 0 Å². The molecule has 31 heteroatoms. The lowest BCUT2D eigenvalue weighted by atomic mass is 9.89. The molecule has 0 spiro atoms. The number of ketones is 5. The van der Waals surface area contributed by atoms with Crippen LogP contribution >= 0.6 is 0 Å². The molecule has 462 valence electrons. The van der Waals surface area contributed by atoms with Crippen molar-refractivity contribution in [2.24, 2.45) is 106 Å². The summed E-state index contributed by atoms with van der Waals surface area (Å²) < 4.78 is 10.1. The first kappa shape index (κ1) is 72.0. The number of guanidine groups is 5. The van der Waals surface area contributed by atoms with Crippen molar-refractivity contribution in [3.8, 4) is 0 Å². The summed E-state index contributed by atoms with van der Waals surface area (Å²) in [7, 11) is 0. The molecular weight excluding hydrogens is 1070 g/mol. The van der Waals surface area contributed by atoms with Crippen molar-refractivity contribution < 1.29 is 57.4 Å². The van der Waals surface area contributed by atoms with Crippen molar-refractivity contribution in [1.82, 2.24) is 21.3 Å². The van der Waals surface area contributed by atoms with Gasteiger partial charge in [0.2, 0.25) is 23.6 Å². The van der Waals surface area contributed by atoms with Gasteiger partial charge in [-0.25, -0.2) is 4.79 Å². The summed E-state index contributed by atoms with van der Waals surface area (Å²) in [5.41, 5.74) is 55.1. The van der Waals surface area contributed by atoms with Crippen LogP contribution in [0.4, 0.5) is 0 Å². The van der Waals surface area contributed by atoms with E-state index in [4.69, 9.17) is 66.8 Å². The molecule has 0 aromatic carbocycles. The summed E-state index contributed by atoms with van der Waals surface area (Å²) in [4.78, 5) is 154. The Bertz CT molecular complexity index is 2290. The van der Waals surface area contributed by atoms with E-state index in [0.717, 1.165) is 0 Å². The Morgan fingerprint density at radius 3 is 1.30 bits per heavy atom.